The minimum Gasteiger partial charge on any atom is -0.427 e. The zero-order chi connectivity index (χ0) is 22.9. The Morgan fingerprint density at radius 1 is 0.875 bits per heavy atom. The van der Waals surface area contributed by atoms with Crippen LogP contribution in [0.5, 0.6) is 5.75 Å². The predicted molar refractivity (Wildman–Crippen MR) is 136 cm³/mol. The summed E-state index contributed by atoms with van der Waals surface area (Å²) < 4.78 is 5.56. The highest BCUT2D eigenvalue weighted by Gasteiger charge is 2.22. The maximum atomic E-state index is 12.1. The molecular formula is C30H46O2. The second kappa shape index (κ2) is 16.8. The standard InChI is InChI=1S/C30H46O2/c1-3-5-7-8-9-10-11-12-13-15-17-30(31)32-29-24-22-28(23-25-29)27-20-18-26(19-21-27)16-14-6-4-2/h1,22-27H,4-21H2,2H3. The Kier molecular flexibility index (Phi) is 13.9. The van der Waals surface area contributed by atoms with Gasteiger partial charge < -0.3 is 4.74 Å². The molecular weight excluding hydrogens is 392 g/mol. The fraction of sp³-hybridized carbons (Fsp3) is 0.700. The smallest absolute Gasteiger partial charge is 0.311 e. The van der Waals surface area contributed by atoms with Gasteiger partial charge in [0.2, 0.25) is 0 Å². The van der Waals surface area contributed by atoms with Crippen LogP contribution in [-0.2, 0) is 4.79 Å². The SMILES string of the molecule is C#CCCCCCCCCCCC(=O)Oc1ccc(C2CCC(CCCCC)CC2)cc1. The van der Waals surface area contributed by atoms with Gasteiger partial charge in [-0.15, -0.1) is 12.3 Å². The van der Waals surface area contributed by atoms with E-state index in [-0.39, 0.29) is 5.97 Å². The van der Waals surface area contributed by atoms with Gasteiger partial charge in [-0.3, -0.25) is 4.79 Å². The normalized spacial score (nSPS) is 18.2. The Labute approximate surface area is 197 Å². The molecule has 0 amide bonds. The lowest BCUT2D eigenvalue weighted by molar-refractivity contribution is -0.134. The number of benzene rings is 1. The number of hydrogen-bond donors (Lipinski definition) is 0. The van der Waals surface area contributed by atoms with Gasteiger partial charge in [-0.1, -0.05) is 83.3 Å². The van der Waals surface area contributed by atoms with Crippen LogP contribution < -0.4 is 4.74 Å². The Morgan fingerprint density at radius 3 is 2.12 bits per heavy atom. The first-order chi connectivity index (χ1) is 15.7. The monoisotopic (exact) mass is 438 g/mol. The second-order valence-electron chi connectivity index (χ2n) is 9.79. The number of terminal acetylenes is 1. The summed E-state index contributed by atoms with van der Waals surface area (Å²) in [7, 11) is 0. The van der Waals surface area contributed by atoms with Crippen LogP contribution in [0.2, 0.25) is 0 Å². The number of carbonyl (C=O) groups is 1. The molecule has 0 spiro atoms. The molecule has 1 fully saturated rings. The van der Waals surface area contributed by atoms with Crippen molar-refractivity contribution in [2.24, 2.45) is 5.92 Å². The first kappa shape index (κ1) is 26.5. The van der Waals surface area contributed by atoms with Gasteiger partial charge in [-0.25, -0.2) is 0 Å². The van der Waals surface area contributed by atoms with Crippen molar-refractivity contribution in [1.29, 1.82) is 0 Å². The summed E-state index contributed by atoms with van der Waals surface area (Å²) in [5.41, 5.74) is 1.41. The molecule has 0 atom stereocenters. The number of unbranched alkanes of at least 4 members (excludes halogenated alkanes) is 10. The number of hydrogen-bond acceptors (Lipinski definition) is 2. The Balaban J connectivity index is 1.55. The first-order valence-corrected chi connectivity index (χ1v) is 13.5. The molecule has 0 heterocycles. The average Bonchev–Trinajstić information content (AvgIpc) is 2.81. The number of esters is 1. The van der Waals surface area contributed by atoms with Gasteiger partial charge in [0.1, 0.15) is 5.75 Å². The summed E-state index contributed by atoms with van der Waals surface area (Å²) >= 11 is 0. The average molecular weight is 439 g/mol. The van der Waals surface area contributed by atoms with E-state index in [1.807, 2.05) is 12.1 Å². The number of carbonyl (C=O) groups excluding carboxylic acids is 1. The van der Waals surface area contributed by atoms with E-state index in [2.05, 4.69) is 25.0 Å². The maximum Gasteiger partial charge on any atom is 0.311 e. The fourth-order valence-corrected chi connectivity index (χ4v) is 5.02. The van der Waals surface area contributed by atoms with E-state index in [0.717, 1.165) is 31.6 Å². The van der Waals surface area contributed by atoms with Crippen molar-refractivity contribution in [3.05, 3.63) is 29.8 Å². The Morgan fingerprint density at radius 2 is 1.50 bits per heavy atom. The molecule has 0 aromatic heterocycles. The summed E-state index contributed by atoms with van der Waals surface area (Å²) in [5, 5.41) is 0. The molecule has 1 aromatic rings. The predicted octanol–water partition coefficient (Wildman–Crippen LogP) is 8.98. The summed E-state index contributed by atoms with van der Waals surface area (Å²) in [6.45, 7) is 2.28. The molecule has 2 rings (SSSR count). The lowest BCUT2D eigenvalue weighted by Crippen LogP contribution is -2.13. The van der Waals surface area contributed by atoms with Crippen LogP contribution in [0.15, 0.2) is 24.3 Å². The van der Waals surface area contributed by atoms with E-state index in [0.29, 0.717) is 18.1 Å². The van der Waals surface area contributed by atoms with Crippen molar-refractivity contribution in [3.63, 3.8) is 0 Å². The van der Waals surface area contributed by atoms with E-state index >= 15 is 0 Å². The van der Waals surface area contributed by atoms with Crippen molar-refractivity contribution in [2.75, 3.05) is 0 Å². The van der Waals surface area contributed by atoms with E-state index < -0.39 is 0 Å². The van der Waals surface area contributed by atoms with Gasteiger partial charge in [-0.2, -0.15) is 0 Å². The molecule has 2 nitrogen and oxygen atoms in total. The highest BCUT2D eigenvalue weighted by atomic mass is 16.5. The van der Waals surface area contributed by atoms with Gasteiger partial charge in [0, 0.05) is 12.8 Å². The van der Waals surface area contributed by atoms with Crippen LogP contribution in [0.3, 0.4) is 0 Å². The van der Waals surface area contributed by atoms with Crippen LogP contribution in [0, 0.1) is 18.3 Å². The molecule has 0 radical (unpaired) electrons. The molecule has 0 bridgehead atoms. The lowest BCUT2D eigenvalue weighted by Gasteiger charge is -2.29. The van der Waals surface area contributed by atoms with Crippen molar-refractivity contribution in [2.45, 2.75) is 128 Å². The summed E-state index contributed by atoms with van der Waals surface area (Å²) in [6.07, 6.45) is 27.0. The van der Waals surface area contributed by atoms with Crippen molar-refractivity contribution >= 4 is 5.97 Å². The molecule has 1 aliphatic rings. The summed E-state index contributed by atoms with van der Waals surface area (Å²) in [6, 6.07) is 8.32. The van der Waals surface area contributed by atoms with Gasteiger partial charge in [0.25, 0.3) is 0 Å². The van der Waals surface area contributed by atoms with Crippen molar-refractivity contribution in [3.8, 4) is 18.1 Å². The van der Waals surface area contributed by atoms with Gasteiger partial charge in [-0.05, 0) is 68.1 Å². The highest BCUT2D eigenvalue weighted by Crippen LogP contribution is 2.38. The summed E-state index contributed by atoms with van der Waals surface area (Å²) in [5.74, 6) is 4.91. The van der Waals surface area contributed by atoms with E-state index in [9.17, 15) is 4.79 Å². The highest BCUT2D eigenvalue weighted by molar-refractivity contribution is 5.72. The second-order valence-corrected chi connectivity index (χ2v) is 9.79. The van der Waals surface area contributed by atoms with Crippen LogP contribution in [0.25, 0.3) is 0 Å². The van der Waals surface area contributed by atoms with Crippen molar-refractivity contribution < 1.29 is 9.53 Å². The number of ether oxygens (including phenoxy) is 1. The van der Waals surface area contributed by atoms with Gasteiger partial charge in [0.15, 0.2) is 0 Å². The molecule has 1 saturated carbocycles. The largest absolute Gasteiger partial charge is 0.427 e. The lowest BCUT2D eigenvalue weighted by atomic mass is 9.77. The van der Waals surface area contributed by atoms with Crippen LogP contribution in [0.4, 0.5) is 0 Å². The molecule has 0 saturated heterocycles. The van der Waals surface area contributed by atoms with E-state index in [1.54, 1.807) is 0 Å². The van der Waals surface area contributed by atoms with Gasteiger partial charge in [0.05, 0.1) is 0 Å². The minimum atomic E-state index is -0.0976. The molecule has 0 N–H and O–H groups in total. The minimum absolute atomic E-state index is 0.0976. The van der Waals surface area contributed by atoms with Gasteiger partial charge >= 0.3 is 5.97 Å². The molecule has 2 heteroatoms. The quantitative estimate of drug-likeness (QED) is 0.111. The third-order valence-electron chi connectivity index (χ3n) is 7.10. The topological polar surface area (TPSA) is 26.3 Å². The molecule has 1 aliphatic carbocycles. The molecule has 1 aromatic carbocycles. The maximum absolute atomic E-state index is 12.1. The molecule has 0 unspecified atom stereocenters. The van der Waals surface area contributed by atoms with Crippen molar-refractivity contribution in [1.82, 2.24) is 0 Å². The molecule has 32 heavy (non-hydrogen) atoms. The first-order valence-electron chi connectivity index (χ1n) is 13.5. The zero-order valence-electron chi connectivity index (χ0n) is 20.6. The summed E-state index contributed by atoms with van der Waals surface area (Å²) in [4.78, 5) is 12.1. The van der Waals surface area contributed by atoms with Crippen LogP contribution in [-0.4, -0.2) is 5.97 Å². The third-order valence-corrected chi connectivity index (χ3v) is 7.10. The zero-order valence-corrected chi connectivity index (χ0v) is 20.6. The fourth-order valence-electron chi connectivity index (χ4n) is 5.02. The van der Waals surface area contributed by atoms with E-state index in [4.69, 9.17) is 11.2 Å². The molecule has 178 valence electrons. The third kappa shape index (κ3) is 11.2. The van der Waals surface area contributed by atoms with Crippen LogP contribution >= 0.6 is 0 Å². The number of rotatable bonds is 16. The van der Waals surface area contributed by atoms with Crippen LogP contribution in [0.1, 0.15) is 134 Å². The Bertz CT molecular complexity index is 646. The Hall–Kier alpha value is -1.75. The molecule has 0 aliphatic heterocycles. The van der Waals surface area contributed by atoms with E-state index in [1.165, 1.54) is 89.0 Å².